The molecule has 0 bridgehead atoms. The van der Waals surface area contributed by atoms with E-state index < -0.39 is 0 Å². The van der Waals surface area contributed by atoms with Gasteiger partial charge in [0.05, 0.1) is 26.7 Å². The Kier molecular flexibility index (Phi) is 69.5. The molecule has 0 saturated carbocycles. The largest absolute Gasteiger partial charge is 0.330 e. The molecular weight excluding hydrogens is 907 g/mol. The first-order valence-corrected chi connectivity index (χ1v) is 28.4. The lowest BCUT2D eigenvalue weighted by atomic mass is 10.2. The Morgan fingerprint density at radius 2 is 0.375 bits per heavy atom. The molecule has 21 heteroatoms. The van der Waals surface area contributed by atoms with Gasteiger partial charge in [0.25, 0.3) is 0 Å². The van der Waals surface area contributed by atoms with Crippen LogP contribution in [0.3, 0.4) is 0 Å². The van der Waals surface area contributed by atoms with Gasteiger partial charge < -0.3 is 72.5 Å². The molecule has 21 N–H and O–H groups in total. The van der Waals surface area contributed by atoms with Crippen LogP contribution in [0, 0.1) is 0 Å². The Morgan fingerprint density at radius 3 is 0.583 bits per heavy atom. The summed E-state index contributed by atoms with van der Waals surface area (Å²) in [5.74, 6) is 0. The fourth-order valence-corrected chi connectivity index (χ4v) is 7.69. The van der Waals surface area contributed by atoms with Gasteiger partial charge in [-0.3, -0.25) is 39.2 Å². The zero-order valence-electron chi connectivity index (χ0n) is 49.1. The minimum Gasteiger partial charge on any atom is -0.330 e. The van der Waals surface area contributed by atoms with Crippen molar-refractivity contribution in [2.45, 2.75) is 83.5 Å². The molecule has 0 radical (unpaired) electrons. The summed E-state index contributed by atoms with van der Waals surface area (Å²) in [4.78, 5) is 21.2. The van der Waals surface area contributed by atoms with E-state index in [1.807, 2.05) is 0 Å². The molecule has 0 unspecified atom stereocenters. The van der Waals surface area contributed by atoms with E-state index >= 15 is 0 Å². The standard InChI is InChI=1S/2C15H38N6.C12H31N5.C9H24N4/c1-19(2)15-21(12-5-9-18)14-6-13-20(10-3-7-16)11-4-8-17;1-20(2)15-21(13-5-11-18-9-3-7-16)14-6-12-19-10-4-8-17;1-16(2)12-17(10-4-7-14)11-5-9-15-8-3-6-13;1-12(2)9-13(7-3-5-10)8-4-6-11/h3-18H2,1-2H3;18-19H,3-17H2,1-2H3;15H,3-14H2,1-2H3;3-11H2,1-2H3. The Hall–Kier alpha value is -0.840. The van der Waals surface area contributed by atoms with Crippen molar-refractivity contribution < 1.29 is 0 Å². The van der Waals surface area contributed by atoms with Gasteiger partial charge in [0.1, 0.15) is 0 Å². The average molecular weight is 1040 g/mol. The van der Waals surface area contributed by atoms with Crippen LogP contribution in [0.1, 0.15) is 83.5 Å². The average Bonchev–Trinajstić information content (AvgIpc) is 3.34. The first kappa shape index (κ1) is 77.7. The van der Waals surface area contributed by atoms with Gasteiger partial charge in [0.2, 0.25) is 0 Å². The second kappa shape index (κ2) is 64.4. The third-order valence-electron chi connectivity index (χ3n) is 11.1. The molecule has 0 aromatic heterocycles. The molecule has 0 rings (SSSR count). The molecule has 0 aliphatic rings. The van der Waals surface area contributed by atoms with Crippen molar-refractivity contribution in [1.29, 1.82) is 0 Å². The highest BCUT2D eigenvalue weighted by Crippen LogP contribution is 2.01. The molecule has 0 heterocycles. The second-order valence-corrected chi connectivity index (χ2v) is 20.1. The number of rotatable bonds is 51. The Labute approximate surface area is 447 Å². The van der Waals surface area contributed by atoms with Gasteiger partial charge in [-0.2, -0.15) is 0 Å². The van der Waals surface area contributed by atoms with E-state index in [-0.39, 0.29) is 0 Å². The number of hydrogen-bond donors (Lipinski definition) is 12. The van der Waals surface area contributed by atoms with Gasteiger partial charge in [-0.15, -0.1) is 0 Å². The zero-order valence-corrected chi connectivity index (χ0v) is 49.1. The minimum absolute atomic E-state index is 0.766. The van der Waals surface area contributed by atoms with Crippen LogP contribution in [-0.2, 0) is 0 Å². The van der Waals surface area contributed by atoms with Crippen LogP contribution >= 0.6 is 0 Å². The molecule has 0 fully saturated rings. The molecule has 21 nitrogen and oxygen atoms in total. The third kappa shape index (κ3) is 67.2. The Morgan fingerprint density at radius 1 is 0.208 bits per heavy atom. The van der Waals surface area contributed by atoms with Gasteiger partial charge in [-0.1, -0.05) is 0 Å². The highest BCUT2D eigenvalue weighted by Gasteiger charge is 2.10. The molecule has 0 aliphatic heterocycles. The van der Waals surface area contributed by atoms with Crippen LogP contribution in [0.25, 0.3) is 0 Å². The van der Waals surface area contributed by atoms with E-state index in [0.717, 1.165) is 255 Å². The monoisotopic (exact) mass is 1040 g/mol. The summed E-state index contributed by atoms with van der Waals surface area (Å²) in [6, 6.07) is 0. The molecule has 72 heavy (non-hydrogen) atoms. The second-order valence-electron chi connectivity index (χ2n) is 20.1. The van der Waals surface area contributed by atoms with Crippen molar-refractivity contribution in [3.05, 3.63) is 0 Å². The minimum atomic E-state index is 0.766. The van der Waals surface area contributed by atoms with Crippen molar-refractivity contribution in [2.24, 2.45) is 51.6 Å². The summed E-state index contributed by atoms with van der Waals surface area (Å²) in [5.41, 5.74) is 49.7. The van der Waals surface area contributed by atoms with E-state index in [1.54, 1.807) is 0 Å². The topological polar surface area (TPSA) is 299 Å². The molecule has 0 aromatic carbocycles. The fraction of sp³-hybridized carbons (Fsp3) is 1.00. The van der Waals surface area contributed by atoms with Crippen LogP contribution in [-0.4, -0.2) is 297 Å². The number of hydrogen-bond acceptors (Lipinski definition) is 21. The number of nitrogens with one attached hydrogen (secondary N) is 3. The maximum Gasteiger partial charge on any atom is 0.0500 e. The van der Waals surface area contributed by atoms with Crippen LogP contribution < -0.4 is 67.6 Å². The summed E-state index contributed by atoms with van der Waals surface area (Å²) < 4.78 is 0. The van der Waals surface area contributed by atoms with Gasteiger partial charge in [-0.25, -0.2) is 0 Å². The van der Waals surface area contributed by atoms with Crippen molar-refractivity contribution in [1.82, 2.24) is 60.0 Å². The molecule has 0 aliphatic carbocycles. The SMILES string of the molecule is CN(C)CN(CCCN)CCCN.CN(C)CN(CCCN)CCCN(CCCN)CCCN.CN(C)CN(CCCN)CCCNCCCN.CN(C)CN(CCCNCCCN)CCCNCCCN. The molecular formula is C51H131N21. The van der Waals surface area contributed by atoms with E-state index in [0.29, 0.717) is 0 Å². The number of nitrogens with two attached hydrogens (primary N) is 9. The normalized spacial score (nSPS) is 11.8. The maximum atomic E-state index is 5.62. The lowest BCUT2D eigenvalue weighted by Crippen LogP contribution is -2.37. The predicted molar refractivity (Wildman–Crippen MR) is 317 cm³/mol. The fourth-order valence-electron chi connectivity index (χ4n) is 7.69. The lowest BCUT2D eigenvalue weighted by Gasteiger charge is -2.27. The van der Waals surface area contributed by atoms with E-state index in [4.69, 9.17) is 51.6 Å². The first-order valence-electron chi connectivity index (χ1n) is 28.4. The zero-order chi connectivity index (χ0) is 54.7. The van der Waals surface area contributed by atoms with Gasteiger partial charge in [-0.05, 0) is 258 Å². The summed E-state index contributed by atoms with van der Waals surface area (Å²) >= 11 is 0. The van der Waals surface area contributed by atoms with Crippen molar-refractivity contribution >= 4 is 0 Å². The lowest BCUT2D eigenvalue weighted by molar-refractivity contribution is 0.162. The highest BCUT2D eigenvalue weighted by molar-refractivity contribution is 4.65. The Balaban J connectivity index is -0.000000435. The molecule has 440 valence electrons. The van der Waals surface area contributed by atoms with E-state index in [9.17, 15) is 0 Å². The van der Waals surface area contributed by atoms with E-state index in [1.165, 1.54) is 25.7 Å². The third-order valence-corrected chi connectivity index (χ3v) is 11.1. The van der Waals surface area contributed by atoms with Gasteiger partial charge in [0, 0.05) is 52.4 Å². The molecule has 0 spiro atoms. The van der Waals surface area contributed by atoms with Crippen LogP contribution in [0.15, 0.2) is 0 Å². The Bertz CT molecular complexity index is 918. The van der Waals surface area contributed by atoms with Crippen molar-refractivity contribution in [2.75, 3.05) is 253 Å². The van der Waals surface area contributed by atoms with E-state index in [2.05, 4.69) is 116 Å². The highest BCUT2D eigenvalue weighted by atomic mass is 15.3. The summed E-state index contributed by atoms with van der Waals surface area (Å²) in [7, 11) is 16.9. The summed E-state index contributed by atoms with van der Waals surface area (Å²) in [6.07, 6.45) is 14.4. The quantitative estimate of drug-likeness (QED) is 0.0232. The van der Waals surface area contributed by atoms with Crippen molar-refractivity contribution in [3.8, 4) is 0 Å². The first-order chi connectivity index (χ1) is 34.7. The molecule has 0 aromatic rings. The summed E-state index contributed by atoms with van der Waals surface area (Å²) in [6.45, 7) is 29.5. The van der Waals surface area contributed by atoms with Crippen LogP contribution in [0.2, 0.25) is 0 Å². The maximum absolute atomic E-state index is 5.62. The summed E-state index contributed by atoms with van der Waals surface area (Å²) in [5, 5.41) is 10.3. The molecule has 0 saturated heterocycles. The van der Waals surface area contributed by atoms with Gasteiger partial charge >= 0.3 is 0 Å². The molecule has 0 amide bonds. The van der Waals surface area contributed by atoms with Crippen molar-refractivity contribution in [3.63, 3.8) is 0 Å². The predicted octanol–water partition coefficient (Wildman–Crippen LogP) is -2.00. The smallest absolute Gasteiger partial charge is 0.0500 e. The van der Waals surface area contributed by atoms with Crippen LogP contribution in [0.4, 0.5) is 0 Å². The van der Waals surface area contributed by atoms with Crippen LogP contribution in [0.5, 0.6) is 0 Å². The molecule has 0 atom stereocenters. The van der Waals surface area contributed by atoms with Gasteiger partial charge in [0.15, 0.2) is 0 Å². The number of nitrogens with zero attached hydrogens (tertiary/aromatic N) is 9.